The van der Waals surface area contributed by atoms with E-state index in [-0.39, 0.29) is 60.8 Å². The maximum Gasteiger partial charge on any atom is 0.175 e. The summed E-state index contributed by atoms with van der Waals surface area (Å²) in [6.07, 6.45) is 21.2. The number of rotatable bonds is 31. The monoisotopic (exact) mass is 1810 g/mol. The number of halogens is 2. The topological polar surface area (TPSA) is 269 Å². The lowest BCUT2D eigenvalue weighted by Crippen LogP contribution is -2.09. The number of pyridine rings is 5. The maximum atomic E-state index is 13.9. The highest BCUT2D eigenvalue weighted by Crippen LogP contribution is 2.40. The molecule has 0 bridgehead atoms. The second-order valence-electron chi connectivity index (χ2n) is 31.5. The highest BCUT2D eigenvalue weighted by atomic mass is 79.9. The summed E-state index contributed by atoms with van der Waals surface area (Å²) >= 11 is 3.44. The van der Waals surface area contributed by atoms with Crippen molar-refractivity contribution in [3.63, 3.8) is 0 Å². The predicted octanol–water partition coefficient (Wildman–Crippen LogP) is 23.2. The van der Waals surface area contributed by atoms with Gasteiger partial charge in [-0.1, -0.05) is 104 Å². The van der Waals surface area contributed by atoms with Gasteiger partial charge in [-0.15, -0.1) is 0 Å². The lowest BCUT2D eigenvalue weighted by Gasteiger charge is -2.17. The Hall–Kier alpha value is -14.6. The molecule has 0 radical (unpaired) electrons. The molecule has 10 heterocycles. The molecule has 668 valence electrons. The first-order valence-corrected chi connectivity index (χ1v) is 43.6. The van der Waals surface area contributed by atoms with E-state index in [1.807, 2.05) is 194 Å². The minimum atomic E-state index is -0.342. The third-order valence-electron chi connectivity index (χ3n) is 21.1. The van der Waals surface area contributed by atoms with Crippen LogP contribution in [0.4, 0.5) is 4.39 Å². The van der Waals surface area contributed by atoms with Crippen LogP contribution in [0.25, 0.3) is 69.1 Å². The minimum Gasteiger partial charge on any atom is -0.493 e. The van der Waals surface area contributed by atoms with Crippen molar-refractivity contribution in [3.8, 4) is 97.2 Å². The van der Waals surface area contributed by atoms with E-state index in [1.165, 1.54) is 33.3 Å². The van der Waals surface area contributed by atoms with E-state index in [9.17, 15) is 18.8 Å². The number of carbonyl (C=O) groups is 3. The van der Waals surface area contributed by atoms with E-state index in [4.69, 9.17) is 33.2 Å². The number of methoxy groups -OCH3 is 2. The first-order valence-electron chi connectivity index (χ1n) is 42.8. The van der Waals surface area contributed by atoms with Crippen LogP contribution in [0, 0.1) is 12.7 Å². The van der Waals surface area contributed by atoms with Crippen LogP contribution in [0.2, 0.25) is 0 Å². The van der Waals surface area contributed by atoms with Crippen molar-refractivity contribution in [2.24, 2.45) is 0 Å². The van der Waals surface area contributed by atoms with Crippen molar-refractivity contribution in [2.45, 2.75) is 159 Å². The number of aryl methyl sites for hydroxylation is 1. The molecule has 0 spiro atoms. The molecule has 130 heavy (non-hydrogen) atoms. The van der Waals surface area contributed by atoms with Crippen LogP contribution in [0.3, 0.4) is 0 Å². The van der Waals surface area contributed by atoms with E-state index in [1.54, 1.807) is 73.7 Å². The third kappa shape index (κ3) is 22.8. The molecule has 10 aromatic heterocycles. The van der Waals surface area contributed by atoms with Crippen LogP contribution < -0.4 is 33.2 Å². The van der Waals surface area contributed by atoms with E-state index < -0.39 is 0 Å². The normalized spacial score (nSPS) is 11.3. The average Bonchev–Trinajstić information content (AvgIpc) is 1.24. The van der Waals surface area contributed by atoms with Gasteiger partial charge in [-0.3, -0.25) is 57.7 Å². The van der Waals surface area contributed by atoms with Crippen LogP contribution in [0.1, 0.15) is 194 Å². The van der Waals surface area contributed by atoms with Gasteiger partial charge in [0.25, 0.3) is 0 Å². The Morgan fingerprint density at radius 2 is 0.777 bits per heavy atom. The van der Waals surface area contributed by atoms with Gasteiger partial charge in [0.1, 0.15) is 77.8 Å². The number of ketones is 2. The van der Waals surface area contributed by atoms with Gasteiger partial charge in [0, 0.05) is 137 Å². The largest absolute Gasteiger partial charge is 0.493 e. The molecule has 1 aliphatic rings. The maximum absolute atomic E-state index is 13.9. The molecule has 1 aliphatic carbocycles. The van der Waals surface area contributed by atoms with Gasteiger partial charge >= 0.3 is 0 Å². The molecule has 0 atom stereocenters. The van der Waals surface area contributed by atoms with Gasteiger partial charge in [0.15, 0.2) is 29.4 Å². The Morgan fingerprint density at radius 3 is 1.16 bits per heavy atom. The molecule has 15 aromatic rings. The zero-order valence-corrected chi connectivity index (χ0v) is 77.1. The zero-order chi connectivity index (χ0) is 92.5. The number of benzene rings is 5. The number of aldehydes is 1. The molecule has 0 aliphatic heterocycles. The van der Waals surface area contributed by atoms with Crippen molar-refractivity contribution < 1.29 is 51.9 Å². The summed E-state index contributed by atoms with van der Waals surface area (Å²) < 4.78 is 65.1. The number of fused-ring (bicyclic) bond motifs is 1. The SMILES string of the molecule is C=Cc1ccccc1OCc1cccnc1-c1ccnn1C(C)C.C=Cc1ccccc1OCc1cccnc1-c1ccnn1C(C)C.CC(C)n1nccc1-c1ncccc1COc1ccc(F)c2c1C(=O)CC2.COc1ccc(OCc2cccnc2-c2ccnn2C(C)C)c(C(C)=O)c1OC.Cc1cccc(OCc2ccc(Br)nc2-c2ccnn2C(C)C)c1C=O. The van der Waals surface area contributed by atoms with Gasteiger partial charge in [-0.2, -0.15) is 25.5 Å². The van der Waals surface area contributed by atoms with E-state index in [0.717, 1.165) is 124 Å². The van der Waals surface area contributed by atoms with Crippen LogP contribution in [-0.4, -0.2) is 106 Å². The number of hydrogen-bond acceptors (Lipinski definition) is 20. The molecule has 0 saturated carbocycles. The fourth-order valence-electron chi connectivity index (χ4n) is 14.8. The second-order valence-corrected chi connectivity index (χ2v) is 32.4. The molecular weight excluding hydrogens is 1710 g/mol. The summed E-state index contributed by atoms with van der Waals surface area (Å²) in [6, 6.07) is 58.0. The van der Waals surface area contributed by atoms with Gasteiger partial charge in [-0.25, -0.2) is 9.37 Å². The highest BCUT2D eigenvalue weighted by Gasteiger charge is 2.29. The summed E-state index contributed by atoms with van der Waals surface area (Å²) in [6.45, 7) is 33.5. The molecule has 27 heteroatoms. The number of carbonyl (C=O) groups excluding carboxylic acids is 3. The lowest BCUT2D eigenvalue weighted by molar-refractivity contribution is 0.0986. The van der Waals surface area contributed by atoms with Gasteiger partial charge in [0.2, 0.25) is 0 Å². The van der Waals surface area contributed by atoms with Crippen molar-refractivity contribution >= 4 is 45.9 Å². The molecule has 16 rings (SSSR count). The third-order valence-corrected chi connectivity index (χ3v) is 21.5. The smallest absolute Gasteiger partial charge is 0.175 e. The summed E-state index contributed by atoms with van der Waals surface area (Å²) in [7, 11) is 3.03. The van der Waals surface area contributed by atoms with E-state index in [2.05, 4.69) is 149 Å². The Bertz CT molecular complexity index is 6260. The fourth-order valence-corrected chi connectivity index (χ4v) is 15.1. The van der Waals surface area contributed by atoms with Crippen molar-refractivity contribution in [3.05, 3.63) is 328 Å². The predicted molar refractivity (Wildman–Crippen MR) is 507 cm³/mol. The minimum absolute atomic E-state index is 0.0659. The van der Waals surface area contributed by atoms with E-state index in [0.29, 0.717) is 83.7 Å². The van der Waals surface area contributed by atoms with Crippen molar-refractivity contribution in [1.82, 2.24) is 73.8 Å². The van der Waals surface area contributed by atoms with Crippen molar-refractivity contribution in [2.75, 3.05) is 14.2 Å². The number of ether oxygens (including phenoxy) is 7. The first kappa shape index (κ1) is 94.5. The Morgan fingerprint density at radius 1 is 0.415 bits per heavy atom. The van der Waals surface area contributed by atoms with Crippen LogP contribution in [0.15, 0.2) is 256 Å². The van der Waals surface area contributed by atoms with Gasteiger partial charge < -0.3 is 33.2 Å². The first-order chi connectivity index (χ1) is 62.9. The Labute approximate surface area is 765 Å². The standard InChI is InChI=1S/C22H25N3O4.C21H20FN3O2.C20H20BrN3O2.2C20H21N3O/c1-14(2)25-17(10-12-24-25)21-16(7-6-11-23-21)13-29-18-8-9-19(27-4)22(28-5)20(18)15(3)26;1-13(2)25-17(9-11-24-25)21-14(4-3-10-23-21)12-27-19-8-6-16(22)15-5-7-18(26)20(15)19;1-13(2)24-17(9-10-22-24)20-15(7-8-19(21)23-20)12-26-18-6-4-5-14(3)16(18)11-25;2*1-4-16-8-5-6-10-19(16)24-14-17-9-7-12-21-20(17)18-11-13-22-23(18)15(2)3/h6-12,14H,13H2,1-5H3;3-4,6,8-11,13H,5,7,12H2,1-2H3;4-11,13H,12H2,1-3H3;2*4-13,15H,1,14H2,2-3H3. The average molecular weight is 1810 g/mol. The van der Waals surface area contributed by atoms with Crippen LogP contribution in [0.5, 0.6) is 40.2 Å². The van der Waals surface area contributed by atoms with Gasteiger partial charge in [0.05, 0.1) is 82.3 Å². The highest BCUT2D eigenvalue weighted by molar-refractivity contribution is 9.10. The number of hydrogen-bond donors (Lipinski definition) is 0. The number of nitrogens with zero attached hydrogens (tertiary/aromatic N) is 15. The second kappa shape index (κ2) is 45.2. The molecule has 25 nitrogen and oxygen atoms in total. The van der Waals surface area contributed by atoms with Crippen LogP contribution in [-0.2, 0) is 39.5 Å². The number of Topliss-reactive ketones (excluding diaryl/α,β-unsaturated/α-hetero) is 2. The van der Waals surface area contributed by atoms with E-state index >= 15 is 0 Å². The molecule has 5 aromatic carbocycles. The number of aromatic nitrogens is 15. The Kier molecular flexibility index (Phi) is 32.9. The molecule has 0 amide bonds. The quantitative estimate of drug-likeness (QED) is 0.0222. The Balaban J connectivity index is 0.000000147. The summed E-state index contributed by atoms with van der Waals surface area (Å²) in [5.74, 6) is 3.35. The van der Waals surface area contributed by atoms with Crippen LogP contribution >= 0.6 is 15.9 Å². The summed E-state index contributed by atoms with van der Waals surface area (Å²) in [4.78, 5) is 58.6. The van der Waals surface area contributed by atoms with Crippen molar-refractivity contribution in [1.29, 1.82) is 0 Å². The fraction of sp³-hybridized carbons (Fsp3) is 0.252. The molecule has 0 N–H and O–H groups in total. The molecular formula is C103H107BrFN15O10. The summed E-state index contributed by atoms with van der Waals surface area (Å²) in [5, 5.41) is 22.0. The molecule has 0 unspecified atom stereocenters. The molecule has 0 fully saturated rings. The van der Waals surface area contributed by atoms with Gasteiger partial charge in [-0.05, 0) is 214 Å². The molecule has 0 saturated heterocycles. The zero-order valence-electron chi connectivity index (χ0n) is 75.5. The summed E-state index contributed by atoms with van der Waals surface area (Å²) in [5.41, 5.74) is 18.3. The number of para-hydroxylation sites is 2. The lowest BCUT2D eigenvalue weighted by atomic mass is 10.1.